The van der Waals surface area contributed by atoms with Gasteiger partial charge in [0.05, 0.1) is 23.7 Å². The molecule has 1 rings (SSSR count). The molecule has 0 aliphatic heterocycles. The molecule has 6 nitrogen and oxygen atoms in total. The smallest absolute Gasteiger partial charge is 0.317 e. The van der Waals surface area contributed by atoms with Gasteiger partial charge < -0.3 is 15.3 Å². The summed E-state index contributed by atoms with van der Waals surface area (Å²) in [6.07, 6.45) is 2.18. The Kier molecular flexibility index (Phi) is 7.14. The second-order valence-electron chi connectivity index (χ2n) is 5.36. The molecular formula is C14H23N3O3S. The number of carbonyl (C=O) groups excluding carboxylic acids is 1. The Morgan fingerprint density at radius 1 is 1.43 bits per heavy atom. The Morgan fingerprint density at radius 3 is 2.71 bits per heavy atom. The van der Waals surface area contributed by atoms with Crippen LogP contribution in [0.4, 0.5) is 4.79 Å². The Labute approximate surface area is 129 Å². The zero-order chi connectivity index (χ0) is 15.8. The minimum atomic E-state index is -0.769. The number of carboxylic acids is 1. The maximum Gasteiger partial charge on any atom is 0.317 e. The van der Waals surface area contributed by atoms with Crippen LogP contribution in [0, 0.1) is 5.92 Å². The van der Waals surface area contributed by atoms with Gasteiger partial charge >= 0.3 is 12.0 Å². The third kappa shape index (κ3) is 6.57. The maximum atomic E-state index is 12.0. The molecule has 0 fully saturated rings. The largest absolute Gasteiger partial charge is 0.481 e. The number of thiazole rings is 1. The van der Waals surface area contributed by atoms with Crippen LogP contribution in [-0.4, -0.2) is 40.1 Å². The van der Waals surface area contributed by atoms with Crippen LogP contribution < -0.4 is 5.32 Å². The summed E-state index contributed by atoms with van der Waals surface area (Å²) in [4.78, 5) is 28.4. The number of urea groups is 1. The Hall–Kier alpha value is -1.63. The van der Waals surface area contributed by atoms with E-state index in [1.54, 1.807) is 24.4 Å². The lowest BCUT2D eigenvalue weighted by Gasteiger charge is -2.21. The first-order valence-electron chi connectivity index (χ1n) is 7.01. The lowest BCUT2D eigenvalue weighted by Crippen LogP contribution is -2.41. The molecule has 1 aromatic rings. The zero-order valence-corrected chi connectivity index (χ0v) is 13.5. The molecule has 0 saturated heterocycles. The second kappa shape index (κ2) is 8.61. The average Bonchev–Trinajstić information content (AvgIpc) is 2.91. The summed E-state index contributed by atoms with van der Waals surface area (Å²) in [5, 5.41) is 13.6. The van der Waals surface area contributed by atoms with Gasteiger partial charge in [-0.3, -0.25) is 4.79 Å². The van der Waals surface area contributed by atoms with Gasteiger partial charge in [0, 0.05) is 18.5 Å². The van der Waals surface area contributed by atoms with Gasteiger partial charge in [-0.25, -0.2) is 9.78 Å². The molecule has 0 bridgehead atoms. The van der Waals surface area contributed by atoms with Crippen molar-refractivity contribution in [2.45, 2.75) is 45.7 Å². The van der Waals surface area contributed by atoms with Crippen LogP contribution in [0.2, 0.25) is 0 Å². The molecule has 0 spiro atoms. The summed E-state index contributed by atoms with van der Waals surface area (Å²) in [6, 6.07) is -0.113. The minimum Gasteiger partial charge on any atom is -0.481 e. The van der Waals surface area contributed by atoms with E-state index in [-0.39, 0.29) is 18.0 Å². The van der Waals surface area contributed by atoms with E-state index in [2.05, 4.69) is 10.3 Å². The molecule has 2 unspecified atom stereocenters. The zero-order valence-electron chi connectivity index (χ0n) is 12.7. The predicted octanol–water partition coefficient (Wildman–Crippen LogP) is 2.56. The molecule has 1 aromatic heterocycles. The second-order valence-corrected chi connectivity index (χ2v) is 6.08. The number of carbonyl (C=O) groups is 2. The van der Waals surface area contributed by atoms with Gasteiger partial charge in [0.25, 0.3) is 0 Å². The standard InChI is InChI=1S/C14H23N3O3S/c1-10(13(18)19)5-4-6-11(2)16-14(20)17(3)7-12-8-21-9-15-12/h8-11H,4-7H2,1-3H3,(H,16,20)(H,18,19). The van der Waals surface area contributed by atoms with Crippen molar-refractivity contribution in [2.24, 2.45) is 5.92 Å². The first-order chi connectivity index (χ1) is 9.90. The molecule has 7 heteroatoms. The maximum absolute atomic E-state index is 12.0. The third-order valence-electron chi connectivity index (χ3n) is 3.30. The number of nitrogens with one attached hydrogen (secondary N) is 1. The van der Waals surface area contributed by atoms with Crippen molar-refractivity contribution >= 4 is 23.3 Å². The van der Waals surface area contributed by atoms with Crippen molar-refractivity contribution < 1.29 is 14.7 Å². The highest BCUT2D eigenvalue weighted by atomic mass is 32.1. The fourth-order valence-electron chi connectivity index (χ4n) is 1.88. The van der Waals surface area contributed by atoms with Crippen molar-refractivity contribution in [3.8, 4) is 0 Å². The quantitative estimate of drug-likeness (QED) is 0.772. The van der Waals surface area contributed by atoms with Crippen molar-refractivity contribution in [1.82, 2.24) is 15.2 Å². The molecule has 0 aromatic carbocycles. The van der Waals surface area contributed by atoms with E-state index in [4.69, 9.17) is 5.11 Å². The van der Waals surface area contributed by atoms with E-state index in [0.717, 1.165) is 18.5 Å². The first kappa shape index (κ1) is 17.4. The Balaban J connectivity index is 2.25. The number of nitrogens with zero attached hydrogens (tertiary/aromatic N) is 2. The van der Waals surface area contributed by atoms with E-state index >= 15 is 0 Å². The molecule has 21 heavy (non-hydrogen) atoms. The van der Waals surface area contributed by atoms with Gasteiger partial charge in [-0.2, -0.15) is 0 Å². The van der Waals surface area contributed by atoms with E-state index in [9.17, 15) is 9.59 Å². The molecule has 0 aliphatic carbocycles. The van der Waals surface area contributed by atoms with Crippen molar-refractivity contribution in [1.29, 1.82) is 0 Å². The molecule has 118 valence electrons. The predicted molar refractivity (Wildman–Crippen MR) is 82.2 cm³/mol. The van der Waals surface area contributed by atoms with Crippen LogP contribution in [0.3, 0.4) is 0 Å². The molecule has 0 radical (unpaired) electrons. The normalized spacial score (nSPS) is 13.5. The SMILES string of the molecule is CC(CCCC(C)C(=O)O)NC(=O)N(C)Cc1cscn1. The van der Waals surface area contributed by atoms with Crippen LogP contribution >= 0.6 is 11.3 Å². The van der Waals surface area contributed by atoms with E-state index in [0.29, 0.717) is 13.0 Å². The summed E-state index contributed by atoms with van der Waals surface area (Å²) in [7, 11) is 1.73. The van der Waals surface area contributed by atoms with Crippen molar-refractivity contribution in [2.75, 3.05) is 7.05 Å². The molecule has 2 amide bonds. The molecule has 0 aliphatic rings. The number of hydrogen-bond acceptors (Lipinski definition) is 4. The average molecular weight is 313 g/mol. The molecule has 2 atom stereocenters. The van der Waals surface area contributed by atoms with Crippen LogP contribution in [0.1, 0.15) is 38.8 Å². The van der Waals surface area contributed by atoms with Crippen molar-refractivity contribution in [3.05, 3.63) is 16.6 Å². The molecule has 2 N–H and O–H groups in total. The van der Waals surface area contributed by atoms with Gasteiger partial charge in [0.2, 0.25) is 0 Å². The summed E-state index contributed by atoms with van der Waals surface area (Å²) < 4.78 is 0. The Morgan fingerprint density at radius 2 is 2.14 bits per heavy atom. The number of carboxylic acid groups (broad SMARTS) is 1. The van der Waals surface area contributed by atoms with E-state index < -0.39 is 5.97 Å². The van der Waals surface area contributed by atoms with Crippen molar-refractivity contribution in [3.63, 3.8) is 0 Å². The minimum absolute atomic E-state index is 0.0244. The summed E-state index contributed by atoms with van der Waals surface area (Å²) in [5.74, 6) is -1.10. The highest BCUT2D eigenvalue weighted by Gasteiger charge is 2.14. The number of rotatable bonds is 8. The number of hydrogen-bond donors (Lipinski definition) is 2. The van der Waals surface area contributed by atoms with Crippen LogP contribution in [0.15, 0.2) is 10.9 Å². The fraction of sp³-hybridized carbons (Fsp3) is 0.643. The molecule has 0 saturated carbocycles. The van der Waals surface area contributed by atoms with Gasteiger partial charge in [0.15, 0.2) is 0 Å². The van der Waals surface area contributed by atoms with Gasteiger partial charge in [-0.05, 0) is 19.8 Å². The lowest BCUT2D eigenvalue weighted by atomic mass is 10.0. The summed E-state index contributed by atoms with van der Waals surface area (Å²) in [5.41, 5.74) is 2.62. The van der Waals surface area contributed by atoms with E-state index in [1.807, 2.05) is 12.3 Å². The topological polar surface area (TPSA) is 82.5 Å². The van der Waals surface area contributed by atoms with Gasteiger partial charge in [-0.1, -0.05) is 13.3 Å². The van der Waals surface area contributed by atoms with Gasteiger partial charge in [-0.15, -0.1) is 11.3 Å². The van der Waals surface area contributed by atoms with E-state index in [1.165, 1.54) is 11.3 Å². The van der Waals surface area contributed by atoms with Gasteiger partial charge in [0.1, 0.15) is 0 Å². The third-order valence-corrected chi connectivity index (χ3v) is 3.93. The highest BCUT2D eigenvalue weighted by Crippen LogP contribution is 2.10. The summed E-state index contributed by atoms with van der Waals surface area (Å²) in [6.45, 7) is 4.12. The number of aromatic nitrogens is 1. The number of amides is 2. The highest BCUT2D eigenvalue weighted by molar-refractivity contribution is 7.07. The monoisotopic (exact) mass is 313 g/mol. The lowest BCUT2D eigenvalue weighted by molar-refractivity contribution is -0.141. The number of aliphatic carboxylic acids is 1. The Bertz CT molecular complexity index is 450. The fourth-order valence-corrected chi connectivity index (χ4v) is 2.43. The van der Waals surface area contributed by atoms with Crippen LogP contribution in [0.25, 0.3) is 0 Å². The van der Waals surface area contributed by atoms with Crippen LogP contribution in [0.5, 0.6) is 0 Å². The molecular weight excluding hydrogens is 290 g/mol. The molecule has 1 heterocycles. The summed E-state index contributed by atoms with van der Waals surface area (Å²) >= 11 is 1.51. The first-order valence-corrected chi connectivity index (χ1v) is 7.96. The van der Waals surface area contributed by atoms with Crippen LogP contribution in [-0.2, 0) is 11.3 Å².